The van der Waals surface area contributed by atoms with Crippen molar-refractivity contribution in [3.8, 4) is 0 Å². The van der Waals surface area contributed by atoms with Gasteiger partial charge in [0.2, 0.25) is 0 Å². The van der Waals surface area contributed by atoms with E-state index in [2.05, 4.69) is 10.1 Å². The Morgan fingerprint density at radius 1 is 1.23 bits per heavy atom. The Kier molecular flexibility index (Phi) is 6.17. The first-order valence-corrected chi connectivity index (χ1v) is 8.72. The van der Waals surface area contributed by atoms with Gasteiger partial charge in [0.1, 0.15) is 30.0 Å². The van der Waals surface area contributed by atoms with E-state index in [4.69, 9.17) is 24.7 Å². The van der Waals surface area contributed by atoms with Gasteiger partial charge in [0, 0.05) is 12.6 Å². The van der Waals surface area contributed by atoms with Crippen molar-refractivity contribution in [3.05, 3.63) is 0 Å². The number of methoxy groups -OCH3 is 1. The lowest BCUT2D eigenvalue weighted by Crippen LogP contribution is -2.45. The van der Waals surface area contributed by atoms with E-state index in [-0.39, 0.29) is 13.0 Å². The standard InChI is InChI=1S/C17H30N2O7/c1-16(2,3)26-15(21)19-8-10-13-14(25-17(4,5)24-13)12(23-10)9(18)7-11(20)22-6/h9-10,12-14H,7-8,18H2,1-6H3,(H,19,21)/t9-,10-,12-,13-,14+/m1/s1. The second-order valence-corrected chi connectivity index (χ2v) is 8.03. The lowest BCUT2D eigenvalue weighted by Gasteiger charge is -2.27. The molecule has 0 aliphatic carbocycles. The molecule has 0 aromatic carbocycles. The number of nitrogens with two attached hydrogens (primary N) is 1. The van der Waals surface area contributed by atoms with E-state index in [0.29, 0.717) is 0 Å². The summed E-state index contributed by atoms with van der Waals surface area (Å²) in [5, 5.41) is 2.68. The number of carbonyl (C=O) groups is 2. The number of amides is 1. The van der Waals surface area contributed by atoms with Crippen LogP contribution in [0.1, 0.15) is 41.0 Å². The Labute approximate surface area is 153 Å². The van der Waals surface area contributed by atoms with Crippen LogP contribution >= 0.6 is 0 Å². The normalized spacial score (nSPS) is 31.2. The molecule has 2 saturated heterocycles. The number of rotatable bonds is 5. The van der Waals surface area contributed by atoms with Gasteiger partial charge in [0.05, 0.1) is 13.5 Å². The fourth-order valence-electron chi connectivity index (χ4n) is 3.11. The number of ether oxygens (including phenoxy) is 5. The average molecular weight is 374 g/mol. The molecule has 9 nitrogen and oxygen atoms in total. The SMILES string of the molecule is COC(=O)C[C@@H](N)[C@H]1O[C@H](CNC(=O)OC(C)(C)C)[C@H]2OC(C)(C)O[C@@H]12. The highest BCUT2D eigenvalue weighted by Crippen LogP contribution is 2.39. The Morgan fingerprint density at radius 2 is 1.85 bits per heavy atom. The number of esters is 1. The van der Waals surface area contributed by atoms with Gasteiger partial charge < -0.3 is 34.7 Å². The first-order chi connectivity index (χ1) is 11.9. The Bertz CT molecular complexity index is 532. The lowest BCUT2D eigenvalue weighted by atomic mass is 10.0. The van der Waals surface area contributed by atoms with Crippen LogP contribution in [0.2, 0.25) is 0 Å². The van der Waals surface area contributed by atoms with E-state index in [9.17, 15) is 9.59 Å². The molecule has 3 N–H and O–H groups in total. The predicted octanol–water partition coefficient (Wildman–Crippen LogP) is 0.689. The molecule has 0 spiro atoms. The molecule has 0 unspecified atom stereocenters. The topological polar surface area (TPSA) is 118 Å². The highest BCUT2D eigenvalue weighted by molar-refractivity contribution is 5.70. The number of fused-ring (bicyclic) bond motifs is 1. The molecular formula is C17H30N2O7. The molecule has 9 heteroatoms. The molecule has 2 fully saturated rings. The molecule has 1 amide bonds. The molecule has 0 radical (unpaired) electrons. The Hall–Kier alpha value is -1.42. The van der Waals surface area contributed by atoms with E-state index < -0.39 is 53.9 Å². The van der Waals surface area contributed by atoms with E-state index in [1.165, 1.54) is 7.11 Å². The second kappa shape index (κ2) is 7.67. The van der Waals surface area contributed by atoms with Crippen molar-refractivity contribution in [2.75, 3.05) is 13.7 Å². The van der Waals surface area contributed by atoms with Gasteiger partial charge in [-0.3, -0.25) is 4.79 Å². The van der Waals surface area contributed by atoms with Crippen LogP contribution in [0.5, 0.6) is 0 Å². The predicted molar refractivity (Wildman–Crippen MR) is 91.3 cm³/mol. The van der Waals surface area contributed by atoms with Crippen molar-refractivity contribution in [1.29, 1.82) is 0 Å². The van der Waals surface area contributed by atoms with Gasteiger partial charge in [-0.2, -0.15) is 0 Å². The Morgan fingerprint density at radius 3 is 2.42 bits per heavy atom. The fourth-order valence-corrected chi connectivity index (χ4v) is 3.11. The van der Waals surface area contributed by atoms with E-state index in [1.54, 1.807) is 34.6 Å². The van der Waals surface area contributed by atoms with Gasteiger partial charge in [-0.1, -0.05) is 0 Å². The van der Waals surface area contributed by atoms with Crippen molar-refractivity contribution < 1.29 is 33.3 Å². The smallest absolute Gasteiger partial charge is 0.407 e. The highest BCUT2D eigenvalue weighted by Gasteiger charge is 2.56. The monoisotopic (exact) mass is 374 g/mol. The molecule has 26 heavy (non-hydrogen) atoms. The summed E-state index contributed by atoms with van der Waals surface area (Å²) in [6, 6.07) is -0.612. The minimum absolute atomic E-state index is 0.000387. The molecule has 2 rings (SSSR count). The maximum atomic E-state index is 11.9. The summed E-state index contributed by atoms with van der Waals surface area (Å²) in [6.45, 7) is 9.13. The summed E-state index contributed by atoms with van der Waals surface area (Å²) in [5.74, 6) is -1.22. The van der Waals surface area contributed by atoms with Crippen LogP contribution in [0, 0.1) is 0 Å². The van der Waals surface area contributed by atoms with Crippen LogP contribution in [0.4, 0.5) is 4.79 Å². The summed E-state index contributed by atoms with van der Waals surface area (Å²) in [5.41, 5.74) is 5.53. The zero-order valence-electron chi connectivity index (χ0n) is 16.2. The number of hydrogen-bond acceptors (Lipinski definition) is 8. The maximum Gasteiger partial charge on any atom is 0.407 e. The Balaban J connectivity index is 2.01. The zero-order chi connectivity index (χ0) is 19.7. The quantitative estimate of drug-likeness (QED) is 0.675. The van der Waals surface area contributed by atoms with Crippen molar-refractivity contribution in [3.63, 3.8) is 0 Å². The maximum absolute atomic E-state index is 11.9. The second-order valence-electron chi connectivity index (χ2n) is 8.03. The summed E-state index contributed by atoms with van der Waals surface area (Å²) >= 11 is 0. The lowest BCUT2D eigenvalue weighted by molar-refractivity contribution is -0.188. The molecule has 5 atom stereocenters. The summed E-state index contributed by atoms with van der Waals surface area (Å²) < 4.78 is 27.7. The van der Waals surface area contributed by atoms with Crippen LogP contribution in [-0.4, -0.2) is 67.6 Å². The van der Waals surface area contributed by atoms with Gasteiger partial charge in [-0.05, 0) is 34.6 Å². The van der Waals surface area contributed by atoms with Crippen LogP contribution in [-0.2, 0) is 28.5 Å². The van der Waals surface area contributed by atoms with Crippen molar-refractivity contribution in [1.82, 2.24) is 5.32 Å². The van der Waals surface area contributed by atoms with Crippen LogP contribution < -0.4 is 11.1 Å². The summed E-state index contributed by atoms with van der Waals surface area (Å²) in [7, 11) is 1.30. The van der Waals surface area contributed by atoms with Gasteiger partial charge in [-0.25, -0.2) is 4.79 Å². The average Bonchev–Trinajstić information content (AvgIpc) is 2.96. The summed E-state index contributed by atoms with van der Waals surface area (Å²) in [4.78, 5) is 23.4. The van der Waals surface area contributed by atoms with Gasteiger partial charge in [0.15, 0.2) is 5.79 Å². The molecule has 2 aliphatic rings. The molecule has 2 heterocycles. The van der Waals surface area contributed by atoms with Crippen LogP contribution in [0.25, 0.3) is 0 Å². The number of nitrogens with one attached hydrogen (secondary N) is 1. The van der Waals surface area contributed by atoms with Crippen molar-refractivity contribution in [2.24, 2.45) is 5.73 Å². The van der Waals surface area contributed by atoms with Gasteiger partial charge in [-0.15, -0.1) is 0 Å². The number of carbonyl (C=O) groups excluding carboxylic acids is 2. The number of hydrogen-bond donors (Lipinski definition) is 2. The molecule has 0 bridgehead atoms. The third kappa shape index (κ3) is 5.29. The fraction of sp³-hybridized carbons (Fsp3) is 0.882. The van der Waals surface area contributed by atoms with Crippen LogP contribution in [0.15, 0.2) is 0 Å². The molecule has 2 aliphatic heterocycles. The molecule has 0 aromatic heterocycles. The molecule has 0 aromatic rings. The van der Waals surface area contributed by atoms with Gasteiger partial charge >= 0.3 is 12.1 Å². The molecular weight excluding hydrogens is 344 g/mol. The first-order valence-electron chi connectivity index (χ1n) is 8.72. The van der Waals surface area contributed by atoms with Crippen LogP contribution in [0.3, 0.4) is 0 Å². The molecule has 0 saturated carbocycles. The first kappa shape index (κ1) is 20.9. The van der Waals surface area contributed by atoms with Crippen molar-refractivity contribution >= 4 is 12.1 Å². The third-order valence-corrected chi connectivity index (χ3v) is 4.08. The van der Waals surface area contributed by atoms with Crippen molar-refractivity contribution in [2.45, 2.75) is 82.9 Å². The molecule has 150 valence electrons. The minimum Gasteiger partial charge on any atom is -0.469 e. The van der Waals surface area contributed by atoms with E-state index in [0.717, 1.165) is 0 Å². The third-order valence-electron chi connectivity index (χ3n) is 4.08. The highest BCUT2D eigenvalue weighted by atomic mass is 16.8. The summed E-state index contributed by atoms with van der Waals surface area (Å²) in [6.07, 6.45) is -2.41. The number of alkyl carbamates (subject to hydrolysis) is 1. The zero-order valence-corrected chi connectivity index (χ0v) is 16.2. The van der Waals surface area contributed by atoms with E-state index >= 15 is 0 Å². The van der Waals surface area contributed by atoms with Gasteiger partial charge in [0.25, 0.3) is 0 Å². The minimum atomic E-state index is -0.799. The largest absolute Gasteiger partial charge is 0.469 e. The van der Waals surface area contributed by atoms with E-state index in [1.807, 2.05) is 0 Å².